The SMILES string of the molecule is CO[P@](=O)(CCc1ccccc1)[C@@H](NC(=O)OCc1ccccc1)C(=C=O)Cc1ccccc1. The van der Waals surface area contributed by atoms with E-state index in [9.17, 15) is 14.2 Å². The van der Waals surface area contributed by atoms with Gasteiger partial charge in [-0.1, -0.05) is 91.0 Å². The Morgan fingerprint density at radius 2 is 1.41 bits per heavy atom. The highest BCUT2D eigenvalue weighted by Crippen LogP contribution is 2.53. The summed E-state index contributed by atoms with van der Waals surface area (Å²) in [5.41, 5.74) is 2.76. The minimum atomic E-state index is -3.55. The van der Waals surface area contributed by atoms with E-state index in [1.807, 2.05) is 96.9 Å². The van der Waals surface area contributed by atoms with Gasteiger partial charge in [0.15, 0.2) is 0 Å². The maximum Gasteiger partial charge on any atom is 0.408 e. The fourth-order valence-electron chi connectivity index (χ4n) is 3.56. The zero-order valence-corrected chi connectivity index (χ0v) is 19.9. The van der Waals surface area contributed by atoms with Crippen LogP contribution in [0.15, 0.2) is 96.6 Å². The second kappa shape index (κ2) is 12.7. The van der Waals surface area contributed by atoms with Crippen molar-refractivity contribution < 1.29 is 23.4 Å². The number of ether oxygens (including phenoxy) is 1. The second-order valence-electron chi connectivity index (χ2n) is 7.77. The minimum Gasteiger partial charge on any atom is -0.445 e. The van der Waals surface area contributed by atoms with Crippen molar-refractivity contribution in [2.45, 2.75) is 25.2 Å². The summed E-state index contributed by atoms with van der Waals surface area (Å²) in [6, 6.07) is 28.0. The van der Waals surface area contributed by atoms with E-state index in [0.717, 1.165) is 16.7 Å². The lowest BCUT2D eigenvalue weighted by Gasteiger charge is -2.27. The fourth-order valence-corrected chi connectivity index (χ4v) is 5.70. The molecule has 0 heterocycles. The number of alkyl carbamates (subject to hydrolysis) is 1. The van der Waals surface area contributed by atoms with Crippen LogP contribution in [0.3, 0.4) is 0 Å². The molecule has 0 aliphatic carbocycles. The number of aryl methyl sites for hydroxylation is 1. The Balaban J connectivity index is 1.82. The van der Waals surface area contributed by atoms with Gasteiger partial charge in [0.2, 0.25) is 7.37 Å². The number of benzene rings is 3. The van der Waals surface area contributed by atoms with E-state index in [1.54, 1.807) is 0 Å². The smallest absolute Gasteiger partial charge is 0.408 e. The molecule has 0 bridgehead atoms. The molecule has 0 saturated carbocycles. The molecule has 0 spiro atoms. The van der Waals surface area contributed by atoms with Gasteiger partial charge in [-0.3, -0.25) is 4.57 Å². The highest BCUT2D eigenvalue weighted by Gasteiger charge is 2.38. The second-order valence-corrected chi connectivity index (χ2v) is 10.5. The maximum atomic E-state index is 14.0. The molecule has 176 valence electrons. The summed E-state index contributed by atoms with van der Waals surface area (Å²) in [5.74, 6) is 0.748. The summed E-state index contributed by atoms with van der Waals surface area (Å²) < 4.78 is 24.8. The molecule has 34 heavy (non-hydrogen) atoms. The van der Waals surface area contributed by atoms with Gasteiger partial charge in [-0.15, -0.1) is 0 Å². The van der Waals surface area contributed by atoms with Crippen molar-refractivity contribution in [3.8, 4) is 0 Å². The first-order valence-corrected chi connectivity index (χ1v) is 12.9. The highest BCUT2D eigenvalue weighted by molar-refractivity contribution is 7.60. The highest BCUT2D eigenvalue weighted by atomic mass is 31.2. The average molecular weight is 477 g/mol. The van der Waals surface area contributed by atoms with Crippen LogP contribution in [0.5, 0.6) is 0 Å². The lowest BCUT2D eigenvalue weighted by atomic mass is 10.1. The number of nitrogens with one attached hydrogen (secondary N) is 1. The molecular formula is C27H28NO5P. The summed E-state index contributed by atoms with van der Waals surface area (Å²) in [5, 5.41) is 2.64. The number of carbonyl (C=O) groups excluding carboxylic acids is 2. The number of amides is 1. The van der Waals surface area contributed by atoms with Crippen molar-refractivity contribution in [3.63, 3.8) is 0 Å². The number of rotatable bonds is 11. The molecule has 1 N–H and O–H groups in total. The molecule has 0 aromatic heterocycles. The third-order valence-corrected chi connectivity index (χ3v) is 8.12. The minimum absolute atomic E-state index is 0.0412. The van der Waals surface area contributed by atoms with E-state index < -0.39 is 19.2 Å². The molecule has 0 unspecified atom stereocenters. The van der Waals surface area contributed by atoms with Crippen LogP contribution in [0.1, 0.15) is 16.7 Å². The first kappa shape index (κ1) is 25.2. The van der Waals surface area contributed by atoms with Gasteiger partial charge in [-0.25, -0.2) is 9.59 Å². The van der Waals surface area contributed by atoms with E-state index in [2.05, 4.69) is 5.32 Å². The Bertz CT molecular complexity index is 1150. The third-order valence-electron chi connectivity index (χ3n) is 5.42. The molecule has 3 aromatic rings. The molecule has 7 heteroatoms. The summed E-state index contributed by atoms with van der Waals surface area (Å²) in [6.07, 6.45) is -0.0172. The first-order valence-electron chi connectivity index (χ1n) is 11.0. The quantitative estimate of drug-likeness (QED) is 0.295. The lowest BCUT2D eigenvalue weighted by Crippen LogP contribution is -2.38. The van der Waals surface area contributed by atoms with Gasteiger partial charge in [0.25, 0.3) is 0 Å². The first-order chi connectivity index (χ1) is 16.5. The lowest BCUT2D eigenvalue weighted by molar-refractivity contribution is 0.138. The average Bonchev–Trinajstić information content (AvgIpc) is 2.90. The number of hydrogen-bond donors (Lipinski definition) is 1. The van der Waals surface area contributed by atoms with Crippen LogP contribution in [-0.4, -0.2) is 31.1 Å². The standard InChI is InChI=1S/C27H28NO5P/c1-32-34(31,18-17-22-11-5-2-6-12-22)26(25(20-29)19-23-13-7-3-8-14-23)28-27(30)33-21-24-15-9-4-10-16-24/h2-16,26H,17-19,21H2,1H3,(H,28,30)/t26-,34-/m1/s1. The molecule has 0 saturated heterocycles. The Kier molecular flexibility index (Phi) is 9.42. The molecule has 1 amide bonds. The van der Waals surface area contributed by atoms with Crippen LogP contribution < -0.4 is 5.32 Å². The zero-order valence-electron chi connectivity index (χ0n) is 19.1. The van der Waals surface area contributed by atoms with E-state index in [1.165, 1.54) is 7.11 Å². The third kappa shape index (κ3) is 7.29. The van der Waals surface area contributed by atoms with Crippen molar-refractivity contribution in [2.75, 3.05) is 13.3 Å². The van der Waals surface area contributed by atoms with Crippen molar-refractivity contribution in [1.29, 1.82) is 0 Å². The fraction of sp³-hybridized carbons (Fsp3) is 0.222. The summed E-state index contributed by atoms with van der Waals surface area (Å²) in [6.45, 7) is 0.0412. The maximum absolute atomic E-state index is 14.0. The van der Waals surface area contributed by atoms with Crippen LogP contribution in [-0.2, 0) is 38.1 Å². The Morgan fingerprint density at radius 3 is 1.94 bits per heavy atom. The molecule has 3 rings (SSSR count). The predicted molar refractivity (Wildman–Crippen MR) is 133 cm³/mol. The molecule has 3 aromatic carbocycles. The van der Waals surface area contributed by atoms with Gasteiger partial charge in [-0.05, 0) is 23.1 Å². The van der Waals surface area contributed by atoms with Crippen molar-refractivity contribution >= 4 is 19.4 Å². The molecule has 0 radical (unpaired) electrons. The Labute approximate surface area is 200 Å². The number of carbonyl (C=O) groups is 1. The van der Waals surface area contributed by atoms with Gasteiger partial charge in [0.1, 0.15) is 18.3 Å². The van der Waals surface area contributed by atoms with Gasteiger partial charge in [0, 0.05) is 19.7 Å². The molecule has 2 atom stereocenters. The predicted octanol–water partition coefficient (Wildman–Crippen LogP) is 5.41. The van der Waals surface area contributed by atoms with E-state index in [0.29, 0.717) is 6.42 Å². The molecular weight excluding hydrogens is 449 g/mol. The Morgan fingerprint density at radius 1 is 0.882 bits per heavy atom. The van der Waals surface area contributed by atoms with Crippen LogP contribution in [0.4, 0.5) is 4.79 Å². The van der Waals surface area contributed by atoms with Crippen LogP contribution in [0, 0.1) is 0 Å². The normalized spacial score (nSPS) is 13.2. The van der Waals surface area contributed by atoms with Crippen LogP contribution >= 0.6 is 7.37 Å². The topological polar surface area (TPSA) is 81.7 Å². The van der Waals surface area contributed by atoms with Gasteiger partial charge >= 0.3 is 6.09 Å². The molecule has 6 nitrogen and oxygen atoms in total. The zero-order chi connectivity index (χ0) is 24.2. The Hall–Kier alpha value is -3.43. The largest absolute Gasteiger partial charge is 0.445 e. The monoisotopic (exact) mass is 477 g/mol. The van der Waals surface area contributed by atoms with Crippen LogP contribution in [0.25, 0.3) is 0 Å². The molecule has 0 aliphatic heterocycles. The van der Waals surface area contributed by atoms with E-state index in [-0.39, 0.29) is 24.8 Å². The van der Waals surface area contributed by atoms with E-state index >= 15 is 0 Å². The van der Waals surface area contributed by atoms with Crippen molar-refractivity contribution in [2.24, 2.45) is 0 Å². The summed E-state index contributed by atoms with van der Waals surface area (Å²) in [4.78, 5) is 24.7. The van der Waals surface area contributed by atoms with Crippen molar-refractivity contribution in [1.82, 2.24) is 5.32 Å². The summed E-state index contributed by atoms with van der Waals surface area (Å²) >= 11 is 0. The van der Waals surface area contributed by atoms with Crippen LogP contribution in [0.2, 0.25) is 0 Å². The van der Waals surface area contributed by atoms with Gasteiger partial charge < -0.3 is 14.6 Å². The van der Waals surface area contributed by atoms with Crippen molar-refractivity contribution in [3.05, 3.63) is 113 Å². The van der Waals surface area contributed by atoms with Gasteiger partial charge in [0.05, 0.1) is 5.57 Å². The number of hydrogen-bond acceptors (Lipinski definition) is 5. The molecule has 0 fully saturated rings. The van der Waals surface area contributed by atoms with E-state index in [4.69, 9.17) is 9.26 Å². The van der Waals surface area contributed by atoms with Gasteiger partial charge in [-0.2, -0.15) is 0 Å². The summed E-state index contributed by atoms with van der Waals surface area (Å²) in [7, 11) is -2.21. The molecule has 0 aliphatic rings.